The van der Waals surface area contributed by atoms with Gasteiger partial charge in [-0.1, -0.05) is 30.7 Å². The van der Waals surface area contributed by atoms with Gasteiger partial charge >= 0.3 is 0 Å². The molecule has 4 rings (SSSR count). The number of rotatable bonds is 6. The summed E-state index contributed by atoms with van der Waals surface area (Å²) in [5.41, 5.74) is 6.41. The van der Waals surface area contributed by atoms with Crippen LogP contribution in [0.3, 0.4) is 0 Å². The number of aryl methyl sites for hydroxylation is 2. The highest BCUT2D eigenvalue weighted by molar-refractivity contribution is 7.13. The number of hydrogen-bond acceptors (Lipinski definition) is 5. The van der Waals surface area contributed by atoms with Crippen molar-refractivity contribution in [3.8, 4) is 10.6 Å². The van der Waals surface area contributed by atoms with E-state index in [9.17, 15) is 4.79 Å². The Morgan fingerprint density at radius 2 is 1.90 bits per heavy atom. The van der Waals surface area contributed by atoms with Crippen molar-refractivity contribution in [3.05, 3.63) is 64.7 Å². The van der Waals surface area contributed by atoms with E-state index in [4.69, 9.17) is 0 Å². The van der Waals surface area contributed by atoms with Gasteiger partial charge in [-0.3, -0.25) is 4.79 Å². The van der Waals surface area contributed by atoms with Gasteiger partial charge in [0.1, 0.15) is 5.01 Å². The summed E-state index contributed by atoms with van der Waals surface area (Å²) in [4.78, 5) is 22.2. The number of carbonyl (C=O) groups excluding carboxylic acids is 1. The van der Waals surface area contributed by atoms with Crippen LogP contribution in [0.15, 0.2) is 47.8 Å². The fourth-order valence-electron chi connectivity index (χ4n) is 4.06. The molecule has 1 aliphatic rings. The van der Waals surface area contributed by atoms with Crippen LogP contribution in [0.1, 0.15) is 23.7 Å². The maximum atomic E-state index is 12.6. The molecule has 0 aliphatic carbocycles. The van der Waals surface area contributed by atoms with Crippen molar-refractivity contribution in [3.63, 3.8) is 0 Å². The van der Waals surface area contributed by atoms with Crippen LogP contribution in [0.25, 0.3) is 10.6 Å². The normalized spacial score (nSPS) is 14.6. The maximum Gasteiger partial charge on any atom is 0.230 e. The molecule has 2 aromatic carbocycles. The van der Waals surface area contributed by atoms with Gasteiger partial charge in [0.05, 0.1) is 12.1 Å². The van der Waals surface area contributed by atoms with E-state index in [0.29, 0.717) is 0 Å². The first-order chi connectivity index (χ1) is 15.0. The molecule has 0 unspecified atom stereocenters. The Balaban J connectivity index is 1.36. The summed E-state index contributed by atoms with van der Waals surface area (Å²) in [7, 11) is 0. The molecule has 3 aromatic rings. The predicted octanol–water partition coefficient (Wildman–Crippen LogP) is 4.75. The van der Waals surface area contributed by atoms with Gasteiger partial charge in [0, 0.05) is 48.5 Å². The minimum absolute atomic E-state index is 0.0372. The number of nitrogens with one attached hydrogen (secondary N) is 1. The molecule has 0 radical (unpaired) electrons. The molecule has 1 fully saturated rings. The first kappa shape index (κ1) is 21.5. The number of aromatic nitrogens is 1. The quantitative estimate of drug-likeness (QED) is 0.608. The van der Waals surface area contributed by atoms with Crippen LogP contribution in [0, 0.1) is 13.8 Å². The van der Waals surface area contributed by atoms with Crippen molar-refractivity contribution < 1.29 is 4.79 Å². The molecule has 0 spiro atoms. The van der Waals surface area contributed by atoms with Gasteiger partial charge in [-0.25, -0.2) is 4.98 Å². The smallest absolute Gasteiger partial charge is 0.230 e. The average Bonchev–Trinajstić information content (AvgIpc) is 3.22. The van der Waals surface area contributed by atoms with Crippen molar-refractivity contribution in [1.29, 1.82) is 0 Å². The zero-order chi connectivity index (χ0) is 21.8. The molecule has 0 saturated carbocycles. The van der Waals surface area contributed by atoms with Crippen LogP contribution in [-0.2, 0) is 11.2 Å². The molecule has 1 saturated heterocycles. The van der Waals surface area contributed by atoms with Crippen LogP contribution in [0.2, 0.25) is 0 Å². The first-order valence-corrected chi connectivity index (χ1v) is 11.8. The Kier molecular flexibility index (Phi) is 6.68. The topological polar surface area (TPSA) is 48.5 Å². The Bertz CT molecular complexity index is 1050. The highest BCUT2D eigenvalue weighted by Gasteiger charge is 2.17. The monoisotopic (exact) mass is 434 g/mol. The van der Waals surface area contributed by atoms with E-state index >= 15 is 0 Å². The Morgan fingerprint density at radius 1 is 1.10 bits per heavy atom. The molecular weight excluding hydrogens is 404 g/mol. The second kappa shape index (κ2) is 9.62. The van der Waals surface area contributed by atoms with E-state index in [2.05, 4.69) is 71.2 Å². The average molecular weight is 435 g/mol. The summed E-state index contributed by atoms with van der Waals surface area (Å²) >= 11 is 1.58. The molecule has 31 heavy (non-hydrogen) atoms. The number of amides is 1. The van der Waals surface area contributed by atoms with Gasteiger partial charge in [-0.15, -0.1) is 11.3 Å². The van der Waals surface area contributed by atoms with Crippen LogP contribution in [0.4, 0.5) is 11.4 Å². The summed E-state index contributed by atoms with van der Waals surface area (Å²) in [6.45, 7) is 11.8. The SMILES string of the molecule is CCN1CCN(c2ccc(NC(=O)Cc3csc(-c4cccc(C)c4)n3)cc2C)CC1. The lowest BCUT2D eigenvalue weighted by atomic mass is 10.1. The molecule has 5 nitrogen and oxygen atoms in total. The molecule has 2 heterocycles. The fourth-order valence-corrected chi connectivity index (χ4v) is 4.88. The van der Waals surface area contributed by atoms with E-state index in [1.165, 1.54) is 16.8 Å². The number of anilines is 2. The minimum atomic E-state index is -0.0372. The number of benzene rings is 2. The molecule has 1 aromatic heterocycles. The number of likely N-dealkylation sites (N-methyl/N-ethyl adjacent to an activating group) is 1. The summed E-state index contributed by atoms with van der Waals surface area (Å²) < 4.78 is 0. The molecule has 1 amide bonds. The molecule has 0 bridgehead atoms. The lowest BCUT2D eigenvalue weighted by Gasteiger charge is -2.36. The predicted molar refractivity (Wildman–Crippen MR) is 130 cm³/mol. The van der Waals surface area contributed by atoms with Crippen LogP contribution < -0.4 is 10.2 Å². The van der Waals surface area contributed by atoms with E-state index in [1.807, 2.05) is 17.5 Å². The number of nitrogens with zero attached hydrogens (tertiary/aromatic N) is 3. The molecule has 6 heteroatoms. The second-order valence-electron chi connectivity index (χ2n) is 8.16. The van der Waals surface area contributed by atoms with Crippen LogP contribution in [0.5, 0.6) is 0 Å². The van der Waals surface area contributed by atoms with Gasteiger partial charge in [0.2, 0.25) is 5.91 Å². The van der Waals surface area contributed by atoms with Crippen LogP contribution >= 0.6 is 11.3 Å². The molecule has 1 aliphatic heterocycles. The number of thiazole rings is 1. The van der Waals surface area contributed by atoms with Crippen molar-refractivity contribution in [2.24, 2.45) is 0 Å². The van der Waals surface area contributed by atoms with E-state index in [1.54, 1.807) is 11.3 Å². The Hall–Kier alpha value is -2.70. The van der Waals surface area contributed by atoms with Crippen molar-refractivity contribution >= 4 is 28.6 Å². The lowest BCUT2D eigenvalue weighted by molar-refractivity contribution is -0.115. The van der Waals surface area contributed by atoms with Gasteiger partial charge in [0.15, 0.2) is 0 Å². The maximum absolute atomic E-state index is 12.6. The van der Waals surface area contributed by atoms with Gasteiger partial charge in [-0.2, -0.15) is 0 Å². The summed E-state index contributed by atoms with van der Waals surface area (Å²) in [6, 6.07) is 14.5. The highest BCUT2D eigenvalue weighted by atomic mass is 32.1. The van der Waals surface area contributed by atoms with Crippen LogP contribution in [-0.4, -0.2) is 48.5 Å². The molecular formula is C25H30N4OS. The summed E-state index contributed by atoms with van der Waals surface area (Å²) in [6.07, 6.45) is 0.280. The third kappa shape index (κ3) is 5.32. The van der Waals surface area contributed by atoms with Gasteiger partial charge in [-0.05, 0) is 50.2 Å². The van der Waals surface area contributed by atoms with Crippen molar-refractivity contribution in [2.75, 3.05) is 42.9 Å². The third-order valence-corrected chi connectivity index (χ3v) is 6.74. The number of hydrogen-bond donors (Lipinski definition) is 1. The zero-order valence-corrected chi connectivity index (χ0v) is 19.3. The summed E-state index contributed by atoms with van der Waals surface area (Å²) in [5, 5.41) is 5.96. The first-order valence-electron chi connectivity index (χ1n) is 10.9. The molecule has 0 atom stereocenters. The largest absolute Gasteiger partial charge is 0.369 e. The molecule has 1 N–H and O–H groups in total. The highest BCUT2D eigenvalue weighted by Crippen LogP contribution is 2.26. The minimum Gasteiger partial charge on any atom is -0.369 e. The van der Waals surface area contributed by atoms with Gasteiger partial charge in [0.25, 0.3) is 0 Å². The van der Waals surface area contributed by atoms with E-state index < -0.39 is 0 Å². The van der Waals surface area contributed by atoms with Gasteiger partial charge < -0.3 is 15.1 Å². The lowest BCUT2D eigenvalue weighted by Crippen LogP contribution is -2.46. The Labute approximate surface area is 188 Å². The Morgan fingerprint density at radius 3 is 2.61 bits per heavy atom. The third-order valence-electron chi connectivity index (χ3n) is 5.80. The number of piperazine rings is 1. The van der Waals surface area contributed by atoms with Crippen molar-refractivity contribution in [2.45, 2.75) is 27.2 Å². The standard InChI is InChI=1S/C25H30N4OS/c1-4-28-10-12-29(13-11-28)23-9-8-21(15-19(23)3)26-24(30)16-22-17-31-25(27-22)20-7-5-6-18(2)14-20/h5-9,14-15,17H,4,10-13,16H2,1-3H3,(H,26,30). The summed E-state index contributed by atoms with van der Waals surface area (Å²) in [5.74, 6) is -0.0372. The number of carbonyl (C=O) groups is 1. The fraction of sp³-hybridized carbons (Fsp3) is 0.360. The van der Waals surface area contributed by atoms with E-state index in [0.717, 1.165) is 54.7 Å². The van der Waals surface area contributed by atoms with Crippen molar-refractivity contribution in [1.82, 2.24) is 9.88 Å². The van der Waals surface area contributed by atoms with E-state index in [-0.39, 0.29) is 12.3 Å². The second-order valence-corrected chi connectivity index (χ2v) is 9.02. The zero-order valence-electron chi connectivity index (χ0n) is 18.5. The molecule has 162 valence electrons.